The lowest BCUT2D eigenvalue weighted by molar-refractivity contribution is 0.351. The highest BCUT2D eigenvalue weighted by molar-refractivity contribution is 5.23. The Hall–Kier alpha value is -0.890. The summed E-state index contributed by atoms with van der Waals surface area (Å²) in [7, 11) is 2.04. The molecule has 1 aromatic heterocycles. The normalized spacial score (nSPS) is 13.1. The first-order chi connectivity index (χ1) is 7.78. The number of aryl methyl sites for hydroxylation is 1. The van der Waals surface area contributed by atoms with Crippen LogP contribution in [0.25, 0.3) is 0 Å². The molecule has 0 aliphatic rings. The van der Waals surface area contributed by atoms with Crippen molar-refractivity contribution >= 4 is 0 Å². The van der Waals surface area contributed by atoms with E-state index in [0.29, 0.717) is 12.0 Å². The highest BCUT2D eigenvalue weighted by atomic mass is 14.9. The molecule has 0 amide bonds. The van der Waals surface area contributed by atoms with Gasteiger partial charge in [0.25, 0.3) is 0 Å². The van der Waals surface area contributed by atoms with Crippen LogP contribution in [0, 0.1) is 5.92 Å². The summed E-state index contributed by atoms with van der Waals surface area (Å²) in [6.07, 6.45) is 5.35. The fraction of sp³-hybridized carbons (Fsp3) is 0.643. The van der Waals surface area contributed by atoms with Crippen LogP contribution in [-0.2, 0) is 6.42 Å². The van der Waals surface area contributed by atoms with E-state index in [1.54, 1.807) is 0 Å². The van der Waals surface area contributed by atoms with Gasteiger partial charge in [-0.25, -0.2) is 0 Å². The van der Waals surface area contributed by atoms with Gasteiger partial charge in [-0.3, -0.25) is 4.98 Å². The van der Waals surface area contributed by atoms with Crippen LogP contribution in [0.3, 0.4) is 0 Å². The molecule has 1 rings (SSSR count). The van der Waals surface area contributed by atoms with E-state index < -0.39 is 0 Å². The van der Waals surface area contributed by atoms with Crippen molar-refractivity contribution in [3.8, 4) is 0 Å². The average molecular weight is 220 g/mol. The molecular weight excluding hydrogens is 196 g/mol. The molecule has 2 heteroatoms. The van der Waals surface area contributed by atoms with Gasteiger partial charge in [-0.1, -0.05) is 39.7 Å². The van der Waals surface area contributed by atoms with Gasteiger partial charge in [0, 0.05) is 6.20 Å². The summed E-state index contributed by atoms with van der Waals surface area (Å²) < 4.78 is 0. The van der Waals surface area contributed by atoms with Crippen LogP contribution in [0.15, 0.2) is 18.3 Å². The third-order valence-electron chi connectivity index (χ3n) is 3.43. The maximum Gasteiger partial charge on any atom is 0.0607 e. The Labute approximate surface area is 99.5 Å². The lowest BCUT2D eigenvalue weighted by Crippen LogP contribution is -2.26. The van der Waals surface area contributed by atoms with Crippen molar-refractivity contribution in [3.63, 3.8) is 0 Å². The first-order valence-electron chi connectivity index (χ1n) is 6.39. The highest BCUT2D eigenvalue weighted by Gasteiger charge is 2.21. The van der Waals surface area contributed by atoms with Gasteiger partial charge >= 0.3 is 0 Å². The zero-order valence-corrected chi connectivity index (χ0v) is 11.0. The van der Waals surface area contributed by atoms with E-state index in [-0.39, 0.29) is 0 Å². The maximum atomic E-state index is 4.58. The number of hydrogen-bond acceptors (Lipinski definition) is 2. The molecular formula is C14H24N2. The Morgan fingerprint density at radius 1 is 1.25 bits per heavy atom. The maximum absolute atomic E-state index is 4.58. The van der Waals surface area contributed by atoms with Crippen LogP contribution < -0.4 is 5.32 Å². The molecule has 90 valence electrons. The zero-order chi connectivity index (χ0) is 12.0. The molecule has 0 radical (unpaired) electrons. The summed E-state index contributed by atoms with van der Waals surface area (Å²) in [5.74, 6) is 0.671. The smallest absolute Gasteiger partial charge is 0.0607 e. The number of nitrogens with one attached hydrogen (secondary N) is 1. The largest absolute Gasteiger partial charge is 0.311 e. The molecule has 0 aromatic carbocycles. The van der Waals surface area contributed by atoms with Crippen LogP contribution >= 0.6 is 0 Å². The van der Waals surface area contributed by atoms with Crippen LogP contribution in [0.2, 0.25) is 0 Å². The van der Waals surface area contributed by atoms with Gasteiger partial charge < -0.3 is 5.32 Å². The summed E-state index contributed by atoms with van der Waals surface area (Å²) in [5.41, 5.74) is 2.61. The van der Waals surface area contributed by atoms with Gasteiger partial charge in [-0.15, -0.1) is 0 Å². The SMILES string of the molecule is CCc1cccnc1C(NC)C(CC)CC. The first-order valence-corrected chi connectivity index (χ1v) is 6.39. The molecule has 1 heterocycles. The van der Waals surface area contributed by atoms with Crippen LogP contribution in [0.5, 0.6) is 0 Å². The number of pyridine rings is 1. The molecule has 1 aromatic rings. The fourth-order valence-electron chi connectivity index (χ4n) is 2.39. The molecule has 0 saturated carbocycles. The summed E-state index contributed by atoms with van der Waals surface area (Å²) in [6.45, 7) is 6.71. The minimum absolute atomic E-state index is 0.395. The monoisotopic (exact) mass is 220 g/mol. The van der Waals surface area contributed by atoms with Crippen LogP contribution in [0.1, 0.15) is 50.9 Å². The standard InChI is InChI=1S/C14H24N2/c1-5-11(6-2)13(15-4)14-12(7-3)9-8-10-16-14/h8-11,13,15H,5-7H2,1-4H3. The Balaban J connectivity index is 3.02. The lowest BCUT2D eigenvalue weighted by atomic mass is 9.89. The molecule has 0 spiro atoms. The van der Waals surface area contributed by atoms with Crippen molar-refractivity contribution < 1.29 is 0 Å². The van der Waals surface area contributed by atoms with E-state index in [4.69, 9.17) is 0 Å². The minimum Gasteiger partial charge on any atom is -0.311 e. The van der Waals surface area contributed by atoms with Crippen LogP contribution in [0.4, 0.5) is 0 Å². The second-order valence-corrected chi connectivity index (χ2v) is 4.24. The average Bonchev–Trinajstić information content (AvgIpc) is 2.35. The predicted molar refractivity (Wildman–Crippen MR) is 69.5 cm³/mol. The molecule has 2 nitrogen and oxygen atoms in total. The van der Waals surface area contributed by atoms with E-state index >= 15 is 0 Å². The fourth-order valence-corrected chi connectivity index (χ4v) is 2.39. The second-order valence-electron chi connectivity index (χ2n) is 4.24. The second kappa shape index (κ2) is 6.64. The van der Waals surface area contributed by atoms with Gasteiger partial charge in [0.2, 0.25) is 0 Å². The summed E-state index contributed by atoms with van der Waals surface area (Å²) in [5, 5.41) is 3.43. The molecule has 0 fully saturated rings. The number of nitrogens with zero attached hydrogens (tertiary/aromatic N) is 1. The molecule has 0 aliphatic heterocycles. The highest BCUT2D eigenvalue weighted by Crippen LogP contribution is 2.27. The molecule has 1 unspecified atom stereocenters. The molecule has 0 saturated heterocycles. The van der Waals surface area contributed by atoms with Gasteiger partial charge in [-0.2, -0.15) is 0 Å². The Kier molecular flexibility index (Phi) is 5.47. The van der Waals surface area contributed by atoms with Crippen molar-refractivity contribution in [2.45, 2.75) is 46.1 Å². The predicted octanol–water partition coefficient (Wildman–Crippen LogP) is 3.34. The van der Waals surface area contributed by atoms with E-state index in [0.717, 1.165) is 6.42 Å². The lowest BCUT2D eigenvalue weighted by Gasteiger charge is -2.26. The van der Waals surface area contributed by atoms with Crippen LogP contribution in [-0.4, -0.2) is 12.0 Å². The quantitative estimate of drug-likeness (QED) is 0.795. The Morgan fingerprint density at radius 3 is 2.44 bits per heavy atom. The van der Waals surface area contributed by atoms with Crippen molar-refractivity contribution in [3.05, 3.63) is 29.6 Å². The molecule has 0 aliphatic carbocycles. The molecule has 16 heavy (non-hydrogen) atoms. The minimum atomic E-state index is 0.395. The topological polar surface area (TPSA) is 24.9 Å². The number of hydrogen-bond donors (Lipinski definition) is 1. The van der Waals surface area contributed by atoms with Crippen molar-refractivity contribution in [1.82, 2.24) is 10.3 Å². The van der Waals surface area contributed by atoms with Gasteiger partial charge in [0.1, 0.15) is 0 Å². The van der Waals surface area contributed by atoms with E-state index in [9.17, 15) is 0 Å². The van der Waals surface area contributed by atoms with Gasteiger partial charge in [0.15, 0.2) is 0 Å². The van der Waals surface area contributed by atoms with Gasteiger partial charge in [-0.05, 0) is 31.0 Å². The zero-order valence-electron chi connectivity index (χ0n) is 11.0. The first kappa shape index (κ1) is 13.2. The van der Waals surface area contributed by atoms with E-state index in [1.807, 2.05) is 19.3 Å². The van der Waals surface area contributed by atoms with Gasteiger partial charge in [0.05, 0.1) is 11.7 Å². The molecule has 0 bridgehead atoms. The number of aromatic nitrogens is 1. The third-order valence-corrected chi connectivity index (χ3v) is 3.43. The Bertz CT molecular complexity index is 305. The van der Waals surface area contributed by atoms with Crippen molar-refractivity contribution in [2.24, 2.45) is 5.92 Å². The van der Waals surface area contributed by atoms with Crippen molar-refractivity contribution in [2.75, 3.05) is 7.05 Å². The summed E-state index contributed by atoms with van der Waals surface area (Å²) >= 11 is 0. The Morgan fingerprint density at radius 2 is 1.94 bits per heavy atom. The number of rotatable bonds is 6. The third kappa shape index (κ3) is 2.82. The van der Waals surface area contributed by atoms with E-state index in [2.05, 4.69) is 37.1 Å². The van der Waals surface area contributed by atoms with E-state index in [1.165, 1.54) is 24.1 Å². The summed E-state index contributed by atoms with van der Waals surface area (Å²) in [6, 6.07) is 4.61. The molecule has 1 atom stereocenters. The van der Waals surface area contributed by atoms with Crippen molar-refractivity contribution in [1.29, 1.82) is 0 Å². The summed E-state index contributed by atoms with van der Waals surface area (Å²) in [4.78, 5) is 4.58. The molecule has 1 N–H and O–H groups in total.